The molecule has 2 bridgehead atoms. The Morgan fingerprint density at radius 2 is 1.59 bits per heavy atom. The van der Waals surface area contributed by atoms with E-state index in [2.05, 4.69) is 5.32 Å². The number of nitrogens with zero attached hydrogens (tertiary/aromatic N) is 2. The van der Waals surface area contributed by atoms with Gasteiger partial charge in [0.05, 0.1) is 22.5 Å². The molecule has 2 saturated carbocycles. The Kier molecular flexibility index (Phi) is 6.63. The first-order valence-corrected chi connectivity index (χ1v) is 16.8. The number of rotatable bonds is 5. The Morgan fingerprint density at radius 3 is 2.30 bits per heavy atom. The van der Waals surface area contributed by atoms with Gasteiger partial charge < -0.3 is 5.32 Å². The molecule has 7 nitrogen and oxygen atoms in total. The summed E-state index contributed by atoms with van der Waals surface area (Å²) < 4.78 is 1.59. The van der Waals surface area contributed by atoms with Crippen molar-refractivity contribution in [3.63, 3.8) is 0 Å². The van der Waals surface area contributed by atoms with Crippen molar-refractivity contribution in [2.75, 3.05) is 10.2 Å². The van der Waals surface area contributed by atoms with Gasteiger partial charge in [0.2, 0.25) is 17.7 Å². The van der Waals surface area contributed by atoms with Gasteiger partial charge in [0.1, 0.15) is 6.54 Å². The molecule has 1 aromatic heterocycles. The maximum Gasteiger partial charge on any atom is 0.308 e. The molecule has 7 atom stereocenters. The van der Waals surface area contributed by atoms with Crippen molar-refractivity contribution in [1.29, 1.82) is 0 Å². The van der Waals surface area contributed by atoms with Gasteiger partial charge in [0.15, 0.2) is 0 Å². The first kappa shape index (κ1) is 27.9. The average Bonchev–Trinajstić information content (AvgIpc) is 3.74. The lowest BCUT2D eigenvalue weighted by Gasteiger charge is -2.43. The summed E-state index contributed by atoms with van der Waals surface area (Å²) in [6.45, 7) is 1.88. The van der Waals surface area contributed by atoms with Crippen molar-refractivity contribution in [3.8, 4) is 0 Å². The van der Waals surface area contributed by atoms with Crippen molar-refractivity contribution in [1.82, 2.24) is 4.57 Å². The fraction of sp³-hybridized carbons (Fsp3) is 0.294. The zero-order valence-electron chi connectivity index (χ0n) is 23.7. The van der Waals surface area contributed by atoms with Gasteiger partial charge in [0, 0.05) is 26.8 Å². The number of fused-ring (bicyclic) bond motifs is 9. The summed E-state index contributed by atoms with van der Waals surface area (Å²) in [4.78, 5) is 56.6. The normalized spacial score (nSPS) is 28.1. The highest BCUT2D eigenvalue weighted by atomic mass is 35.5. The summed E-state index contributed by atoms with van der Waals surface area (Å²) in [6, 6.07) is 24.5. The Bertz CT molecular complexity index is 1870. The zero-order chi connectivity index (χ0) is 30.3. The summed E-state index contributed by atoms with van der Waals surface area (Å²) in [7, 11) is 0. The third-order valence-electron chi connectivity index (χ3n) is 9.83. The largest absolute Gasteiger partial charge is 0.325 e. The molecule has 3 amide bonds. The molecule has 1 N–H and O–H groups in total. The second kappa shape index (κ2) is 10.5. The van der Waals surface area contributed by atoms with Gasteiger partial charge in [-0.15, -0.1) is 11.8 Å². The van der Waals surface area contributed by atoms with Gasteiger partial charge in [0.25, 0.3) is 0 Å². The molecule has 8 rings (SSSR count). The molecule has 4 aliphatic rings. The van der Waals surface area contributed by atoms with Crippen molar-refractivity contribution < 1.29 is 14.4 Å². The number of aryl methyl sites for hydroxylation is 1. The van der Waals surface area contributed by atoms with Gasteiger partial charge >= 0.3 is 4.87 Å². The van der Waals surface area contributed by atoms with Crippen LogP contribution in [0.4, 0.5) is 11.4 Å². The van der Waals surface area contributed by atoms with E-state index in [4.69, 9.17) is 11.6 Å². The molecule has 0 spiro atoms. The molecule has 10 heteroatoms. The molecule has 1 saturated heterocycles. The number of amides is 3. The first-order valence-electron chi connectivity index (χ1n) is 14.7. The Morgan fingerprint density at radius 1 is 0.909 bits per heavy atom. The number of aromatic nitrogens is 1. The predicted molar refractivity (Wildman–Crippen MR) is 172 cm³/mol. The molecule has 2 aliphatic heterocycles. The van der Waals surface area contributed by atoms with Crippen LogP contribution >= 0.6 is 34.7 Å². The van der Waals surface area contributed by atoms with E-state index in [0.29, 0.717) is 16.4 Å². The summed E-state index contributed by atoms with van der Waals surface area (Å²) in [5.74, 6) is -1.31. The number of imide groups is 1. The smallest absolute Gasteiger partial charge is 0.308 e. The van der Waals surface area contributed by atoms with Gasteiger partial charge in [-0.3, -0.25) is 28.6 Å². The molecular weight excluding hydrogens is 614 g/mol. The van der Waals surface area contributed by atoms with E-state index in [1.54, 1.807) is 16.3 Å². The molecule has 2 aliphatic carbocycles. The average molecular weight is 642 g/mol. The minimum atomic E-state index is -0.377. The van der Waals surface area contributed by atoms with Crippen LogP contribution in [0.3, 0.4) is 0 Å². The van der Waals surface area contributed by atoms with E-state index < -0.39 is 0 Å². The number of anilines is 2. The molecule has 3 fully saturated rings. The minimum Gasteiger partial charge on any atom is -0.325 e. The van der Waals surface area contributed by atoms with E-state index in [1.165, 1.54) is 16.2 Å². The van der Waals surface area contributed by atoms with Crippen LogP contribution in [0.5, 0.6) is 0 Å². The molecule has 0 radical (unpaired) electrons. The highest BCUT2D eigenvalue weighted by Crippen LogP contribution is 2.69. The number of thiazole rings is 1. The van der Waals surface area contributed by atoms with Crippen LogP contribution in [-0.2, 0) is 20.9 Å². The van der Waals surface area contributed by atoms with Crippen LogP contribution in [0.2, 0.25) is 5.02 Å². The van der Waals surface area contributed by atoms with Crippen LogP contribution in [0, 0.1) is 36.5 Å². The molecule has 7 unspecified atom stereocenters. The lowest BCUT2D eigenvalue weighted by atomic mass is 9.68. The number of carbonyl (C=O) groups is 3. The second-order valence-electron chi connectivity index (χ2n) is 12.2. The predicted octanol–water partition coefficient (Wildman–Crippen LogP) is 6.19. The standard InChI is InChI=1S/C34H28ClN3O4S2/c1-17-7-13-20(14-8-17)36-24(39)16-37-33-30(44-34(37)42)25(18-9-11-19(35)12-10-18)26-22-15-23(29(26)43-33)28-27(22)31(40)38(32(28)41)21-5-3-2-4-6-21/h2-14,22-23,25-29H,15-16H2,1H3,(H,36,39). The van der Waals surface area contributed by atoms with Crippen LogP contribution in [-0.4, -0.2) is 27.5 Å². The third-order valence-corrected chi connectivity index (χ3v) is 12.9. The van der Waals surface area contributed by atoms with Gasteiger partial charge in [-0.1, -0.05) is 71.0 Å². The lowest BCUT2D eigenvalue weighted by Crippen LogP contribution is -2.43. The number of benzene rings is 3. The molecule has 44 heavy (non-hydrogen) atoms. The number of halogens is 1. The number of nitrogens with one attached hydrogen (secondary N) is 1. The highest BCUT2D eigenvalue weighted by molar-refractivity contribution is 8.00. The third kappa shape index (κ3) is 4.24. The van der Waals surface area contributed by atoms with Crippen LogP contribution < -0.4 is 15.1 Å². The first-order chi connectivity index (χ1) is 21.3. The second-order valence-corrected chi connectivity index (χ2v) is 14.8. The Balaban J connectivity index is 1.18. The van der Waals surface area contributed by atoms with Crippen molar-refractivity contribution >= 4 is 63.8 Å². The number of hydrogen-bond acceptors (Lipinski definition) is 6. The molecule has 222 valence electrons. The number of hydrogen-bond donors (Lipinski definition) is 1. The SMILES string of the molecule is Cc1ccc(NC(=O)Cn2c3c(sc2=O)C(c2ccc(Cl)cc2)C2C4CC(C2S3)C2C(=O)N(c3ccccc3)C(=O)C42)cc1. The topological polar surface area (TPSA) is 88.5 Å². The molecule has 3 heterocycles. The summed E-state index contributed by atoms with van der Waals surface area (Å²) in [6.07, 6.45) is 0.801. The van der Waals surface area contributed by atoms with Crippen LogP contribution in [0.15, 0.2) is 88.7 Å². The van der Waals surface area contributed by atoms with Gasteiger partial charge in [-0.25, -0.2) is 0 Å². The summed E-state index contributed by atoms with van der Waals surface area (Å²) >= 11 is 9.09. The van der Waals surface area contributed by atoms with E-state index in [-0.39, 0.29) is 69.9 Å². The quantitative estimate of drug-likeness (QED) is 0.263. The van der Waals surface area contributed by atoms with Crippen LogP contribution in [0.1, 0.15) is 28.3 Å². The molecular formula is C34H28ClN3O4S2. The van der Waals surface area contributed by atoms with E-state index >= 15 is 0 Å². The maximum atomic E-state index is 13.9. The zero-order valence-corrected chi connectivity index (χ0v) is 26.1. The fourth-order valence-corrected chi connectivity index (χ4v) is 11.4. The maximum absolute atomic E-state index is 13.9. The minimum absolute atomic E-state index is 0.00190. The summed E-state index contributed by atoms with van der Waals surface area (Å²) in [5.41, 5.74) is 3.42. The number of para-hydroxylation sites is 1. The monoisotopic (exact) mass is 641 g/mol. The van der Waals surface area contributed by atoms with Gasteiger partial charge in [-0.05, 0) is 73.1 Å². The van der Waals surface area contributed by atoms with Crippen molar-refractivity contribution in [2.45, 2.75) is 36.1 Å². The van der Waals surface area contributed by atoms with E-state index in [1.807, 2.05) is 85.8 Å². The van der Waals surface area contributed by atoms with E-state index in [0.717, 1.165) is 27.5 Å². The van der Waals surface area contributed by atoms with Gasteiger partial charge in [-0.2, -0.15) is 0 Å². The lowest BCUT2D eigenvalue weighted by molar-refractivity contribution is -0.123. The number of carbonyl (C=O) groups excluding carboxylic acids is 3. The van der Waals surface area contributed by atoms with Crippen molar-refractivity contribution in [2.24, 2.45) is 29.6 Å². The summed E-state index contributed by atoms with van der Waals surface area (Å²) in [5, 5.41) is 4.36. The Hall–Kier alpha value is -3.66. The fourth-order valence-electron chi connectivity index (χ4n) is 8.11. The van der Waals surface area contributed by atoms with Crippen LogP contribution in [0.25, 0.3) is 0 Å². The van der Waals surface area contributed by atoms with Crippen molar-refractivity contribution in [3.05, 3.63) is 110 Å². The number of thioether (sulfide) groups is 1. The highest BCUT2D eigenvalue weighted by Gasteiger charge is 2.69. The van der Waals surface area contributed by atoms with E-state index in [9.17, 15) is 19.2 Å². The molecule has 3 aromatic carbocycles. The Labute approximate surface area is 267 Å². The molecule has 4 aromatic rings.